The molecule has 0 bridgehead atoms. The minimum Gasteiger partial charge on any atom is -0.352 e. The Hall–Kier alpha value is -1.92. The van der Waals surface area contributed by atoms with Gasteiger partial charge in [-0.2, -0.15) is 0 Å². The molecule has 2 heterocycles. The Balaban J connectivity index is 1.86. The fourth-order valence-electron chi connectivity index (χ4n) is 2.69. The molecule has 0 atom stereocenters. The number of hydrogen-bond donors (Lipinski definition) is 2. The number of ether oxygens (including phenoxy) is 2. The highest BCUT2D eigenvalue weighted by Crippen LogP contribution is 2.42. The maximum absolute atomic E-state index is 12.2. The third kappa shape index (κ3) is 2.48. The van der Waals surface area contributed by atoms with E-state index in [2.05, 4.69) is 17.6 Å². The van der Waals surface area contributed by atoms with Gasteiger partial charge in [0.2, 0.25) is 0 Å². The highest BCUT2D eigenvalue weighted by molar-refractivity contribution is 6.05. The zero-order chi connectivity index (χ0) is 15.6. The van der Waals surface area contributed by atoms with Crippen molar-refractivity contribution in [3.63, 3.8) is 0 Å². The van der Waals surface area contributed by atoms with Crippen molar-refractivity contribution in [1.29, 1.82) is 0 Å². The summed E-state index contributed by atoms with van der Waals surface area (Å²) in [5.74, 6) is -1.87. The lowest BCUT2D eigenvalue weighted by molar-refractivity contribution is -0.255. The predicted octanol–water partition coefficient (Wildman–Crippen LogP) is 1.76. The number of carbonyl (C=O) groups is 2. The van der Waals surface area contributed by atoms with Crippen LogP contribution in [-0.4, -0.2) is 31.6 Å². The Morgan fingerprint density at radius 2 is 2.14 bits per heavy atom. The van der Waals surface area contributed by atoms with Crippen LogP contribution in [-0.2, 0) is 20.1 Å². The van der Waals surface area contributed by atoms with Gasteiger partial charge in [0, 0.05) is 17.7 Å². The summed E-state index contributed by atoms with van der Waals surface area (Å²) in [6.45, 7) is 3.63. The van der Waals surface area contributed by atoms with E-state index in [4.69, 9.17) is 9.47 Å². The van der Waals surface area contributed by atoms with Gasteiger partial charge in [0.15, 0.2) is 0 Å². The molecule has 2 aliphatic rings. The number of fused-ring (bicyclic) bond motifs is 2. The number of rotatable bonds is 4. The topological polar surface area (TPSA) is 76.7 Å². The smallest absolute Gasteiger partial charge is 0.289 e. The van der Waals surface area contributed by atoms with Gasteiger partial charge in [0.1, 0.15) is 0 Å². The van der Waals surface area contributed by atoms with Gasteiger partial charge >= 0.3 is 0 Å². The molecular formula is C16H20N2O4. The Labute approximate surface area is 129 Å². The third-order valence-corrected chi connectivity index (χ3v) is 3.90. The van der Waals surface area contributed by atoms with Crippen LogP contribution in [0.1, 0.15) is 42.1 Å². The second-order valence-corrected chi connectivity index (χ2v) is 5.49. The van der Waals surface area contributed by atoms with Gasteiger partial charge < -0.3 is 20.1 Å². The van der Waals surface area contributed by atoms with Crippen molar-refractivity contribution in [2.75, 3.05) is 25.1 Å². The lowest BCUT2D eigenvalue weighted by Gasteiger charge is -2.31. The molecule has 3 rings (SSSR count). The van der Waals surface area contributed by atoms with E-state index in [1.165, 1.54) is 0 Å². The fourth-order valence-corrected chi connectivity index (χ4v) is 2.69. The zero-order valence-electron chi connectivity index (χ0n) is 12.6. The lowest BCUT2D eigenvalue weighted by Crippen LogP contribution is -2.43. The number of benzene rings is 1. The van der Waals surface area contributed by atoms with Gasteiger partial charge in [-0.25, -0.2) is 0 Å². The number of anilines is 1. The summed E-state index contributed by atoms with van der Waals surface area (Å²) in [6, 6.07) is 5.10. The number of nitrogens with one attached hydrogen (secondary N) is 2. The molecule has 0 unspecified atom stereocenters. The second-order valence-electron chi connectivity index (χ2n) is 5.49. The van der Waals surface area contributed by atoms with Crippen LogP contribution in [0.25, 0.3) is 0 Å². The standard InChI is InChI=1S/C16H20N2O4/c1-2-3-7-17-14(19)11-5-6-13-12(10-11)16(15(20)18-13)21-8-4-9-22-16/h5-6,10H,2-4,7-9H2,1H3,(H,17,19)(H,18,20). The first kappa shape index (κ1) is 15.0. The van der Waals surface area contributed by atoms with E-state index < -0.39 is 5.79 Å². The molecule has 2 N–H and O–H groups in total. The molecule has 0 saturated carbocycles. The van der Waals surface area contributed by atoms with Gasteiger partial charge in [-0.15, -0.1) is 0 Å². The van der Waals surface area contributed by atoms with Gasteiger partial charge in [0.05, 0.1) is 18.9 Å². The van der Waals surface area contributed by atoms with Crippen molar-refractivity contribution < 1.29 is 19.1 Å². The summed E-state index contributed by atoms with van der Waals surface area (Å²) in [6.07, 6.45) is 2.71. The third-order valence-electron chi connectivity index (χ3n) is 3.90. The Morgan fingerprint density at radius 1 is 1.36 bits per heavy atom. The van der Waals surface area contributed by atoms with Crippen molar-refractivity contribution in [3.8, 4) is 0 Å². The quantitative estimate of drug-likeness (QED) is 0.831. The molecule has 1 fully saturated rings. The maximum atomic E-state index is 12.2. The molecule has 0 radical (unpaired) electrons. The maximum Gasteiger partial charge on any atom is 0.289 e. The minimum absolute atomic E-state index is 0.151. The first-order valence-corrected chi connectivity index (χ1v) is 7.69. The molecule has 1 saturated heterocycles. The van der Waals surface area contributed by atoms with E-state index in [0.717, 1.165) is 19.3 Å². The summed E-state index contributed by atoms with van der Waals surface area (Å²) in [7, 11) is 0. The van der Waals surface area contributed by atoms with Crippen molar-refractivity contribution in [2.24, 2.45) is 0 Å². The van der Waals surface area contributed by atoms with Crippen molar-refractivity contribution in [1.82, 2.24) is 5.32 Å². The first-order chi connectivity index (χ1) is 10.7. The number of hydrogen-bond acceptors (Lipinski definition) is 4. The Kier molecular flexibility index (Phi) is 4.13. The van der Waals surface area contributed by atoms with E-state index in [9.17, 15) is 9.59 Å². The lowest BCUT2D eigenvalue weighted by atomic mass is 10.0. The van der Waals surface area contributed by atoms with Gasteiger partial charge in [0.25, 0.3) is 17.6 Å². The van der Waals surface area contributed by atoms with Crippen LogP contribution >= 0.6 is 0 Å². The average Bonchev–Trinajstić information content (AvgIpc) is 2.80. The van der Waals surface area contributed by atoms with Crippen LogP contribution in [0.4, 0.5) is 5.69 Å². The van der Waals surface area contributed by atoms with Crippen molar-refractivity contribution in [3.05, 3.63) is 29.3 Å². The van der Waals surface area contributed by atoms with Gasteiger partial charge in [-0.3, -0.25) is 9.59 Å². The van der Waals surface area contributed by atoms with E-state index in [1.54, 1.807) is 18.2 Å². The van der Waals surface area contributed by atoms with Gasteiger partial charge in [-0.05, 0) is 31.0 Å². The molecule has 0 aromatic heterocycles. The zero-order valence-corrected chi connectivity index (χ0v) is 12.6. The number of unbranched alkanes of at least 4 members (excludes halogenated alkanes) is 1. The van der Waals surface area contributed by atoms with Crippen LogP contribution < -0.4 is 10.6 Å². The monoisotopic (exact) mass is 304 g/mol. The molecule has 1 aromatic rings. The number of carbonyl (C=O) groups excluding carboxylic acids is 2. The SMILES string of the molecule is CCCCNC(=O)c1ccc2c(c1)C1(OCCCO1)C(=O)N2. The van der Waals surface area contributed by atoms with Crippen molar-refractivity contribution in [2.45, 2.75) is 32.0 Å². The highest BCUT2D eigenvalue weighted by atomic mass is 16.7. The van der Waals surface area contributed by atoms with E-state index in [0.29, 0.717) is 36.6 Å². The molecule has 2 amide bonds. The molecule has 2 aliphatic heterocycles. The van der Waals surface area contributed by atoms with E-state index in [1.807, 2.05) is 0 Å². The molecule has 118 valence electrons. The normalized spacial score (nSPS) is 18.9. The van der Waals surface area contributed by atoms with E-state index in [-0.39, 0.29) is 11.8 Å². The summed E-state index contributed by atoms with van der Waals surface area (Å²) >= 11 is 0. The van der Waals surface area contributed by atoms with Gasteiger partial charge in [-0.1, -0.05) is 13.3 Å². The van der Waals surface area contributed by atoms with Crippen LogP contribution in [0.2, 0.25) is 0 Å². The van der Waals surface area contributed by atoms with E-state index >= 15 is 0 Å². The Morgan fingerprint density at radius 3 is 2.86 bits per heavy atom. The largest absolute Gasteiger partial charge is 0.352 e. The molecule has 6 heteroatoms. The average molecular weight is 304 g/mol. The molecule has 6 nitrogen and oxygen atoms in total. The van der Waals surface area contributed by atoms with Crippen LogP contribution in [0.5, 0.6) is 0 Å². The summed E-state index contributed by atoms with van der Waals surface area (Å²) in [4.78, 5) is 24.4. The van der Waals surface area contributed by atoms with Crippen LogP contribution in [0, 0.1) is 0 Å². The summed E-state index contributed by atoms with van der Waals surface area (Å²) in [5.41, 5.74) is 1.72. The summed E-state index contributed by atoms with van der Waals surface area (Å²) < 4.78 is 11.3. The molecular weight excluding hydrogens is 284 g/mol. The molecule has 0 aliphatic carbocycles. The van der Waals surface area contributed by atoms with Crippen LogP contribution in [0.15, 0.2) is 18.2 Å². The molecule has 1 spiro atoms. The molecule has 22 heavy (non-hydrogen) atoms. The van der Waals surface area contributed by atoms with Crippen LogP contribution in [0.3, 0.4) is 0 Å². The first-order valence-electron chi connectivity index (χ1n) is 7.69. The molecule has 1 aromatic carbocycles. The minimum atomic E-state index is -1.40. The highest BCUT2D eigenvalue weighted by Gasteiger charge is 2.51. The fraction of sp³-hybridized carbons (Fsp3) is 0.500. The second kappa shape index (κ2) is 6.06. The van der Waals surface area contributed by atoms with Crippen molar-refractivity contribution >= 4 is 17.5 Å². The Bertz CT molecular complexity index is 594. The summed E-state index contributed by atoms with van der Waals surface area (Å²) in [5, 5.41) is 5.62. The predicted molar refractivity (Wildman–Crippen MR) is 80.5 cm³/mol. The number of amides is 2.